The van der Waals surface area contributed by atoms with Crippen molar-refractivity contribution in [1.82, 2.24) is 15.3 Å². The number of halogens is 2. The van der Waals surface area contributed by atoms with Crippen molar-refractivity contribution in [3.05, 3.63) is 52.7 Å². The summed E-state index contributed by atoms with van der Waals surface area (Å²) in [5.41, 5.74) is 1.55. The molecule has 0 radical (unpaired) electrons. The maximum absolute atomic E-state index is 14.1. The summed E-state index contributed by atoms with van der Waals surface area (Å²) in [6.45, 7) is 5.15. The second-order valence-electron chi connectivity index (χ2n) is 6.06. The molecule has 1 aromatic heterocycles. The number of benzene rings is 1. The van der Waals surface area contributed by atoms with Crippen LogP contribution in [0.25, 0.3) is 0 Å². The minimum Gasteiger partial charge on any atom is -0.352 e. The van der Waals surface area contributed by atoms with E-state index in [-0.39, 0.29) is 5.82 Å². The SMILES string of the molecule is CCN(Cc1c(F)cccc1Cl)c1cc(C2CCCNC2)ncn1. The molecule has 0 bridgehead atoms. The lowest BCUT2D eigenvalue weighted by atomic mass is 9.96. The molecule has 1 fully saturated rings. The van der Waals surface area contributed by atoms with Crippen LogP contribution in [0.4, 0.5) is 10.2 Å². The highest BCUT2D eigenvalue weighted by atomic mass is 35.5. The Morgan fingerprint density at radius 3 is 2.96 bits per heavy atom. The molecule has 6 heteroatoms. The maximum Gasteiger partial charge on any atom is 0.132 e. The molecule has 1 aliphatic rings. The summed E-state index contributed by atoms with van der Waals surface area (Å²) in [5.74, 6) is 0.940. The van der Waals surface area contributed by atoms with Gasteiger partial charge in [0, 0.05) is 42.2 Å². The fourth-order valence-corrected chi connectivity index (χ4v) is 3.31. The van der Waals surface area contributed by atoms with Crippen molar-refractivity contribution < 1.29 is 4.39 Å². The fraction of sp³-hybridized carbons (Fsp3) is 0.444. The summed E-state index contributed by atoms with van der Waals surface area (Å²) >= 11 is 6.16. The van der Waals surface area contributed by atoms with Gasteiger partial charge in [-0.05, 0) is 38.4 Å². The average molecular weight is 349 g/mol. The lowest BCUT2D eigenvalue weighted by Gasteiger charge is -2.25. The van der Waals surface area contributed by atoms with Crippen molar-refractivity contribution in [2.75, 3.05) is 24.5 Å². The molecule has 1 aromatic carbocycles. The highest BCUT2D eigenvalue weighted by Crippen LogP contribution is 2.26. The highest BCUT2D eigenvalue weighted by Gasteiger charge is 2.19. The number of hydrogen-bond donors (Lipinski definition) is 1. The second-order valence-corrected chi connectivity index (χ2v) is 6.47. The molecule has 1 saturated heterocycles. The molecule has 24 heavy (non-hydrogen) atoms. The van der Waals surface area contributed by atoms with Gasteiger partial charge in [0.25, 0.3) is 0 Å². The van der Waals surface area contributed by atoms with E-state index in [0.717, 1.165) is 37.4 Å². The summed E-state index contributed by atoms with van der Waals surface area (Å²) in [6.07, 6.45) is 3.89. The molecule has 1 unspecified atom stereocenters. The summed E-state index contributed by atoms with van der Waals surface area (Å²) < 4.78 is 14.1. The zero-order valence-electron chi connectivity index (χ0n) is 13.8. The van der Waals surface area contributed by atoms with Gasteiger partial charge in [-0.1, -0.05) is 17.7 Å². The van der Waals surface area contributed by atoms with Crippen molar-refractivity contribution in [2.45, 2.75) is 32.2 Å². The number of nitrogens with one attached hydrogen (secondary N) is 1. The van der Waals surface area contributed by atoms with Gasteiger partial charge in [0.15, 0.2) is 0 Å². The van der Waals surface area contributed by atoms with E-state index in [1.165, 1.54) is 6.07 Å². The van der Waals surface area contributed by atoms with Crippen LogP contribution in [0, 0.1) is 5.82 Å². The van der Waals surface area contributed by atoms with Crippen LogP contribution >= 0.6 is 11.6 Å². The topological polar surface area (TPSA) is 41.0 Å². The molecule has 4 nitrogen and oxygen atoms in total. The summed E-state index contributed by atoms with van der Waals surface area (Å²) in [4.78, 5) is 10.9. The smallest absolute Gasteiger partial charge is 0.132 e. The van der Waals surface area contributed by atoms with Crippen molar-refractivity contribution in [3.8, 4) is 0 Å². The Kier molecular flexibility index (Phi) is 5.63. The predicted octanol–water partition coefficient (Wildman–Crippen LogP) is 3.76. The van der Waals surface area contributed by atoms with Gasteiger partial charge in [-0.2, -0.15) is 0 Å². The first-order chi connectivity index (χ1) is 11.7. The lowest BCUT2D eigenvalue weighted by molar-refractivity contribution is 0.454. The number of piperidine rings is 1. The van der Waals surface area contributed by atoms with Crippen molar-refractivity contribution in [2.24, 2.45) is 0 Å². The van der Waals surface area contributed by atoms with Gasteiger partial charge in [-0.3, -0.25) is 0 Å². The third-order valence-corrected chi connectivity index (χ3v) is 4.86. The van der Waals surface area contributed by atoms with Gasteiger partial charge in [0.2, 0.25) is 0 Å². The molecular weight excluding hydrogens is 327 g/mol. The third-order valence-electron chi connectivity index (χ3n) is 4.51. The fourth-order valence-electron chi connectivity index (χ4n) is 3.09. The van der Waals surface area contributed by atoms with Crippen molar-refractivity contribution in [3.63, 3.8) is 0 Å². The van der Waals surface area contributed by atoms with Gasteiger partial charge in [0.05, 0.1) is 5.69 Å². The quantitative estimate of drug-likeness (QED) is 0.893. The Balaban J connectivity index is 1.83. The molecule has 2 heterocycles. The molecule has 1 aliphatic heterocycles. The first kappa shape index (κ1) is 17.1. The van der Waals surface area contributed by atoms with Crippen LogP contribution in [-0.4, -0.2) is 29.6 Å². The highest BCUT2D eigenvalue weighted by molar-refractivity contribution is 6.31. The normalized spacial score (nSPS) is 17.7. The monoisotopic (exact) mass is 348 g/mol. The molecule has 3 rings (SSSR count). The Morgan fingerprint density at radius 1 is 1.38 bits per heavy atom. The summed E-state index contributed by atoms with van der Waals surface area (Å²) in [7, 11) is 0. The molecule has 0 amide bonds. The van der Waals surface area contributed by atoms with Crippen LogP contribution in [0.1, 0.15) is 36.9 Å². The van der Waals surface area contributed by atoms with E-state index in [4.69, 9.17) is 11.6 Å². The third kappa shape index (κ3) is 3.84. The molecule has 0 spiro atoms. The molecule has 0 aliphatic carbocycles. The van der Waals surface area contributed by atoms with Crippen LogP contribution in [0.5, 0.6) is 0 Å². The Hall–Kier alpha value is -1.72. The average Bonchev–Trinajstić information content (AvgIpc) is 2.62. The first-order valence-corrected chi connectivity index (χ1v) is 8.77. The van der Waals surface area contributed by atoms with E-state index in [2.05, 4.69) is 15.3 Å². The predicted molar refractivity (Wildman–Crippen MR) is 95.0 cm³/mol. The lowest BCUT2D eigenvalue weighted by Crippen LogP contribution is -2.29. The van der Waals surface area contributed by atoms with E-state index in [9.17, 15) is 4.39 Å². The largest absolute Gasteiger partial charge is 0.352 e. The minimum absolute atomic E-state index is 0.285. The minimum atomic E-state index is -0.285. The molecule has 1 atom stereocenters. The van der Waals surface area contributed by atoms with Gasteiger partial charge < -0.3 is 10.2 Å². The van der Waals surface area contributed by atoms with E-state index in [0.29, 0.717) is 29.6 Å². The zero-order valence-corrected chi connectivity index (χ0v) is 14.6. The number of aromatic nitrogens is 2. The molecule has 128 valence electrons. The zero-order chi connectivity index (χ0) is 16.9. The standard InChI is InChI=1S/C18H22ClFN4/c1-2-24(11-14-15(19)6-3-7-16(14)20)18-9-17(22-12-23-18)13-5-4-8-21-10-13/h3,6-7,9,12-13,21H,2,4-5,8,10-11H2,1H3. The number of rotatable bonds is 5. The van der Waals surface area contributed by atoms with Crippen LogP contribution < -0.4 is 10.2 Å². The van der Waals surface area contributed by atoms with Crippen LogP contribution in [0.2, 0.25) is 5.02 Å². The van der Waals surface area contributed by atoms with Gasteiger partial charge >= 0.3 is 0 Å². The van der Waals surface area contributed by atoms with E-state index >= 15 is 0 Å². The first-order valence-electron chi connectivity index (χ1n) is 8.39. The van der Waals surface area contributed by atoms with E-state index in [1.807, 2.05) is 17.9 Å². The Bertz CT molecular complexity index is 668. The Labute approximate surface area is 147 Å². The number of anilines is 1. The maximum atomic E-state index is 14.1. The van der Waals surface area contributed by atoms with E-state index < -0.39 is 0 Å². The summed E-state index contributed by atoms with van der Waals surface area (Å²) in [6, 6.07) is 6.80. The van der Waals surface area contributed by atoms with Crippen LogP contribution in [0.3, 0.4) is 0 Å². The van der Waals surface area contributed by atoms with Crippen molar-refractivity contribution in [1.29, 1.82) is 0 Å². The molecular formula is C18H22ClFN4. The second kappa shape index (κ2) is 7.90. The van der Waals surface area contributed by atoms with Crippen LogP contribution in [0.15, 0.2) is 30.6 Å². The van der Waals surface area contributed by atoms with Crippen molar-refractivity contribution >= 4 is 17.4 Å². The van der Waals surface area contributed by atoms with Gasteiger partial charge in [-0.15, -0.1) is 0 Å². The molecule has 2 aromatic rings. The summed E-state index contributed by atoms with van der Waals surface area (Å²) in [5, 5.41) is 3.85. The van der Waals surface area contributed by atoms with Crippen LogP contribution in [-0.2, 0) is 6.54 Å². The Morgan fingerprint density at radius 2 is 2.25 bits per heavy atom. The van der Waals surface area contributed by atoms with Gasteiger partial charge in [-0.25, -0.2) is 14.4 Å². The number of hydrogen-bond acceptors (Lipinski definition) is 4. The number of nitrogens with zero attached hydrogens (tertiary/aromatic N) is 3. The molecule has 0 saturated carbocycles. The van der Waals surface area contributed by atoms with E-state index in [1.54, 1.807) is 18.5 Å². The van der Waals surface area contributed by atoms with Gasteiger partial charge in [0.1, 0.15) is 18.0 Å². The molecule has 1 N–H and O–H groups in total.